The number of hydrogen-bond acceptors (Lipinski definition) is 4. The molecule has 17 heavy (non-hydrogen) atoms. The molecule has 3 aliphatic rings. The molecule has 0 N–H and O–H groups in total. The van der Waals surface area contributed by atoms with E-state index in [1.807, 2.05) is 23.5 Å². The molecule has 0 aliphatic carbocycles. The predicted molar refractivity (Wildman–Crippen MR) is 89.1 cm³/mol. The Morgan fingerprint density at radius 1 is 0.882 bits per heavy atom. The second-order valence-electron chi connectivity index (χ2n) is 3.96. The van der Waals surface area contributed by atoms with Gasteiger partial charge in [-0.05, 0) is 0 Å². The summed E-state index contributed by atoms with van der Waals surface area (Å²) >= 11 is 9.22. The van der Waals surface area contributed by atoms with Crippen molar-refractivity contribution in [2.24, 2.45) is 0 Å². The van der Waals surface area contributed by atoms with Gasteiger partial charge in [0.1, 0.15) is 0 Å². The van der Waals surface area contributed by atoms with Crippen molar-refractivity contribution in [1.29, 1.82) is 0 Å². The molecule has 2 atom stereocenters. The first kappa shape index (κ1) is 14.4. The van der Waals surface area contributed by atoms with Crippen LogP contribution in [0, 0.1) is 0 Å². The van der Waals surface area contributed by atoms with Crippen LogP contribution in [0.3, 0.4) is 0 Å². The SMILES string of the molecule is CC1=C(C)SC(=C2SC3[Te]CCC[Te]C3S2)S1. The summed E-state index contributed by atoms with van der Waals surface area (Å²) in [6, 6.07) is 0. The molecule has 0 aromatic rings. The van der Waals surface area contributed by atoms with Gasteiger partial charge in [0.2, 0.25) is 0 Å². The Bertz CT molecular complexity index is 359. The first-order chi connectivity index (χ1) is 8.24. The molecule has 0 spiro atoms. The summed E-state index contributed by atoms with van der Waals surface area (Å²) in [5, 5.41) is 0. The van der Waals surface area contributed by atoms with Crippen molar-refractivity contribution in [3.63, 3.8) is 0 Å². The van der Waals surface area contributed by atoms with Crippen LogP contribution in [0.2, 0.25) is 8.94 Å². The zero-order valence-corrected chi connectivity index (χ0v) is 17.7. The number of hydrogen-bond donors (Lipinski definition) is 0. The molecule has 94 valence electrons. The molecular weight excluding hydrogens is 516 g/mol. The van der Waals surface area contributed by atoms with Crippen LogP contribution in [-0.2, 0) is 0 Å². The molecule has 0 aromatic heterocycles. The monoisotopic (exact) mass is 534 g/mol. The molecule has 0 aromatic carbocycles. The van der Waals surface area contributed by atoms with Crippen LogP contribution in [0.5, 0.6) is 0 Å². The van der Waals surface area contributed by atoms with Crippen molar-refractivity contribution in [1.82, 2.24) is 0 Å². The summed E-state index contributed by atoms with van der Waals surface area (Å²) in [6.45, 7) is 4.54. The fourth-order valence-electron chi connectivity index (χ4n) is 1.66. The van der Waals surface area contributed by atoms with Gasteiger partial charge in [-0.3, -0.25) is 0 Å². The van der Waals surface area contributed by atoms with Gasteiger partial charge in [-0.1, -0.05) is 0 Å². The van der Waals surface area contributed by atoms with E-state index in [4.69, 9.17) is 0 Å². The Morgan fingerprint density at radius 3 is 1.94 bits per heavy atom. The van der Waals surface area contributed by atoms with E-state index in [2.05, 4.69) is 37.4 Å². The van der Waals surface area contributed by atoms with E-state index in [1.165, 1.54) is 9.81 Å². The van der Waals surface area contributed by atoms with E-state index in [-0.39, 0.29) is 0 Å². The minimum absolute atomic E-state index is 0.306. The third kappa shape index (κ3) is 3.38. The standard InChI is InChI=1S/C11H14S4Te2/c1-6-7(2)13-8(12-6)9-14-10-11(15-9)17-5-3-4-16-10/h10-11H,3-5H2,1-2H3. The van der Waals surface area contributed by atoms with E-state index in [0.29, 0.717) is 41.8 Å². The second-order valence-corrected chi connectivity index (χ2v) is 18.2. The Kier molecular flexibility index (Phi) is 5.49. The average Bonchev–Trinajstić information content (AvgIpc) is 2.78. The Balaban J connectivity index is 1.74. The van der Waals surface area contributed by atoms with Crippen LogP contribution in [0.4, 0.5) is 0 Å². The van der Waals surface area contributed by atoms with Gasteiger partial charge in [-0.2, -0.15) is 0 Å². The zero-order valence-electron chi connectivity index (χ0n) is 9.73. The van der Waals surface area contributed by atoms with Crippen molar-refractivity contribution in [3.8, 4) is 0 Å². The molecule has 0 nitrogen and oxygen atoms in total. The van der Waals surface area contributed by atoms with E-state index in [1.54, 1.807) is 23.8 Å². The molecule has 0 bridgehead atoms. The van der Waals surface area contributed by atoms with Gasteiger partial charge in [-0.25, -0.2) is 0 Å². The topological polar surface area (TPSA) is 0 Å². The van der Waals surface area contributed by atoms with Gasteiger partial charge in [0.15, 0.2) is 0 Å². The third-order valence-corrected chi connectivity index (χ3v) is 21.1. The van der Waals surface area contributed by atoms with Crippen LogP contribution in [0.15, 0.2) is 18.3 Å². The normalized spacial score (nSPS) is 34.2. The van der Waals surface area contributed by atoms with Crippen molar-refractivity contribution in [2.75, 3.05) is 0 Å². The van der Waals surface area contributed by atoms with Crippen LogP contribution in [-0.4, -0.2) is 48.4 Å². The van der Waals surface area contributed by atoms with E-state index in [0.717, 1.165) is 6.60 Å². The fraction of sp³-hybridized carbons (Fsp3) is 0.636. The van der Waals surface area contributed by atoms with Crippen LogP contribution >= 0.6 is 47.0 Å². The zero-order chi connectivity index (χ0) is 11.8. The van der Waals surface area contributed by atoms with E-state index < -0.39 is 0 Å². The summed E-state index contributed by atoms with van der Waals surface area (Å²) in [6.07, 6.45) is 1.58. The van der Waals surface area contributed by atoms with Crippen molar-refractivity contribution in [2.45, 2.75) is 35.8 Å². The van der Waals surface area contributed by atoms with Gasteiger partial charge in [0, 0.05) is 0 Å². The molecule has 2 saturated heterocycles. The molecule has 0 saturated carbocycles. The van der Waals surface area contributed by atoms with E-state index >= 15 is 0 Å². The molecule has 2 fully saturated rings. The second kappa shape index (κ2) is 6.48. The first-order valence-electron chi connectivity index (χ1n) is 5.58. The molecule has 0 amide bonds. The first-order valence-corrected chi connectivity index (χ1v) is 15.0. The predicted octanol–water partition coefficient (Wildman–Crippen LogP) is 4.63. The number of fused-ring (bicyclic) bond motifs is 1. The molecule has 3 rings (SSSR count). The minimum atomic E-state index is 0.306. The van der Waals surface area contributed by atoms with Gasteiger partial charge in [0.05, 0.1) is 0 Å². The van der Waals surface area contributed by atoms with Crippen molar-refractivity contribution < 1.29 is 0 Å². The van der Waals surface area contributed by atoms with Crippen molar-refractivity contribution >= 4 is 88.9 Å². The molecule has 0 radical (unpaired) electrons. The Labute approximate surface area is 141 Å². The van der Waals surface area contributed by atoms with Crippen molar-refractivity contribution in [3.05, 3.63) is 18.3 Å². The number of allylic oxidation sites excluding steroid dienone is 2. The molecular formula is C11H14S4Te2. The summed E-state index contributed by atoms with van der Waals surface area (Å²) in [7, 11) is 0. The summed E-state index contributed by atoms with van der Waals surface area (Å²) in [5.74, 6) is 0. The maximum absolute atomic E-state index is 2.27. The van der Waals surface area contributed by atoms with Gasteiger partial charge in [0.25, 0.3) is 0 Å². The summed E-state index contributed by atoms with van der Waals surface area (Å²) < 4.78 is 8.74. The quantitative estimate of drug-likeness (QED) is 0.420. The Hall–Kier alpha value is 2.46. The van der Waals surface area contributed by atoms with Crippen LogP contribution in [0.25, 0.3) is 0 Å². The average molecular weight is 530 g/mol. The molecule has 6 heteroatoms. The number of rotatable bonds is 0. The molecule has 2 unspecified atom stereocenters. The van der Waals surface area contributed by atoms with E-state index in [9.17, 15) is 0 Å². The van der Waals surface area contributed by atoms with Gasteiger partial charge in [-0.15, -0.1) is 0 Å². The maximum atomic E-state index is 2.27. The summed E-state index contributed by atoms with van der Waals surface area (Å²) in [5.41, 5.74) is 0. The fourth-order valence-corrected chi connectivity index (χ4v) is 23.1. The molecule has 3 heterocycles. The third-order valence-electron chi connectivity index (χ3n) is 2.68. The van der Waals surface area contributed by atoms with Gasteiger partial charge >= 0.3 is 143 Å². The summed E-state index contributed by atoms with van der Waals surface area (Å²) in [4.78, 5) is 3.05. The number of thioether (sulfide) groups is 4. The van der Waals surface area contributed by atoms with Crippen LogP contribution in [0.1, 0.15) is 20.3 Å². The Morgan fingerprint density at radius 2 is 1.41 bits per heavy atom. The molecule has 3 aliphatic heterocycles. The van der Waals surface area contributed by atoms with Gasteiger partial charge < -0.3 is 0 Å². The van der Waals surface area contributed by atoms with Crippen LogP contribution < -0.4 is 0 Å².